The standard InChI is InChI=1S/C26H29N3O3S/c1-4-5-11-18-26(2,3)20-16-17-25(32-33(30,31)21-12-7-6-8-13-21)24(19-20)29-27-22-14-9-10-15-23(22)28-29/h6-10,12-17,19H,4-5,11,18H2,1-3H3. The van der Waals surface area contributed by atoms with Crippen LogP contribution in [0.2, 0.25) is 0 Å². The Morgan fingerprint density at radius 3 is 2.15 bits per heavy atom. The molecule has 0 bridgehead atoms. The van der Waals surface area contributed by atoms with Crippen molar-refractivity contribution in [1.82, 2.24) is 15.0 Å². The highest BCUT2D eigenvalue weighted by atomic mass is 32.2. The molecule has 0 fully saturated rings. The molecule has 0 N–H and O–H groups in total. The summed E-state index contributed by atoms with van der Waals surface area (Å²) in [5, 5.41) is 9.15. The minimum absolute atomic E-state index is 0.0899. The molecule has 0 radical (unpaired) electrons. The summed E-state index contributed by atoms with van der Waals surface area (Å²) in [6, 6.07) is 21.3. The van der Waals surface area contributed by atoms with Gasteiger partial charge in [0.1, 0.15) is 21.6 Å². The highest BCUT2D eigenvalue weighted by Crippen LogP contribution is 2.35. The number of unbranched alkanes of at least 4 members (excludes halogenated alkanes) is 2. The van der Waals surface area contributed by atoms with Crippen LogP contribution in [0.25, 0.3) is 16.7 Å². The topological polar surface area (TPSA) is 74.1 Å². The van der Waals surface area contributed by atoms with Crippen molar-refractivity contribution < 1.29 is 12.6 Å². The van der Waals surface area contributed by atoms with E-state index in [9.17, 15) is 8.42 Å². The molecular formula is C26H29N3O3S. The Morgan fingerprint density at radius 2 is 1.52 bits per heavy atom. The van der Waals surface area contributed by atoms with Gasteiger partial charge in [-0.3, -0.25) is 0 Å². The van der Waals surface area contributed by atoms with E-state index in [2.05, 4.69) is 31.0 Å². The van der Waals surface area contributed by atoms with Crippen LogP contribution >= 0.6 is 0 Å². The summed E-state index contributed by atoms with van der Waals surface area (Å²) < 4.78 is 31.5. The molecule has 0 aliphatic rings. The Hall–Kier alpha value is -3.19. The lowest BCUT2D eigenvalue weighted by molar-refractivity contribution is 0.448. The van der Waals surface area contributed by atoms with E-state index >= 15 is 0 Å². The summed E-state index contributed by atoms with van der Waals surface area (Å²) in [5.41, 5.74) is 2.93. The molecule has 172 valence electrons. The molecule has 0 saturated carbocycles. The van der Waals surface area contributed by atoms with Crippen molar-refractivity contribution >= 4 is 21.2 Å². The van der Waals surface area contributed by atoms with Crippen LogP contribution in [0, 0.1) is 0 Å². The third-order valence-electron chi connectivity index (χ3n) is 5.88. The smallest absolute Gasteiger partial charge is 0.339 e. The number of nitrogens with zero attached hydrogens (tertiary/aromatic N) is 3. The normalized spacial score (nSPS) is 12.2. The Kier molecular flexibility index (Phi) is 6.51. The minimum Gasteiger partial charge on any atom is -0.377 e. The number of aromatic nitrogens is 3. The van der Waals surface area contributed by atoms with Crippen molar-refractivity contribution in [3.63, 3.8) is 0 Å². The molecule has 0 saturated heterocycles. The first-order valence-corrected chi connectivity index (χ1v) is 12.7. The fourth-order valence-electron chi connectivity index (χ4n) is 3.85. The van der Waals surface area contributed by atoms with Gasteiger partial charge in [-0.2, -0.15) is 8.42 Å². The van der Waals surface area contributed by atoms with E-state index in [1.807, 2.05) is 36.4 Å². The van der Waals surface area contributed by atoms with E-state index < -0.39 is 10.1 Å². The van der Waals surface area contributed by atoms with E-state index in [4.69, 9.17) is 4.18 Å². The molecule has 3 aromatic carbocycles. The average Bonchev–Trinajstić information content (AvgIpc) is 3.24. The van der Waals surface area contributed by atoms with Crippen molar-refractivity contribution in [1.29, 1.82) is 0 Å². The van der Waals surface area contributed by atoms with Gasteiger partial charge in [-0.15, -0.1) is 15.0 Å². The fourth-order valence-corrected chi connectivity index (χ4v) is 4.81. The number of hydrogen-bond donors (Lipinski definition) is 0. The van der Waals surface area contributed by atoms with Gasteiger partial charge in [0.2, 0.25) is 0 Å². The highest BCUT2D eigenvalue weighted by molar-refractivity contribution is 7.87. The van der Waals surface area contributed by atoms with Gasteiger partial charge in [-0.1, -0.05) is 76.4 Å². The number of benzene rings is 3. The van der Waals surface area contributed by atoms with Crippen molar-refractivity contribution in [2.24, 2.45) is 0 Å². The quantitative estimate of drug-likeness (QED) is 0.223. The van der Waals surface area contributed by atoms with Gasteiger partial charge in [0, 0.05) is 0 Å². The highest BCUT2D eigenvalue weighted by Gasteiger charge is 2.25. The largest absolute Gasteiger partial charge is 0.377 e. The molecule has 1 aromatic heterocycles. The van der Waals surface area contributed by atoms with E-state index in [0.717, 1.165) is 35.9 Å². The van der Waals surface area contributed by atoms with Gasteiger partial charge >= 0.3 is 10.1 Å². The molecule has 0 aliphatic heterocycles. The molecule has 0 atom stereocenters. The molecule has 4 rings (SSSR count). The summed E-state index contributed by atoms with van der Waals surface area (Å²) >= 11 is 0. The second kappa shape index (κ2) is 9.35. The summed E-state index contributed by atoms with van der Waals surface area (Å²) in [6.45, 7) is 6.60. The average molecular weight is 464 g/mol. The molecule has 0 spiro atoms. The summed E-state index contributed by atoms with van der Waals surface area (Å²) in [5.74, 6) is 0.187. The molecular weight excluding hydrogens is 434 g/mol. The zero-order valence-electron chi connectivity index (χ0n) is 19.2. The van der Waals surface area contributed by atoms with Crippen molar-refractivity contribution in [2.75, 3.05) is 0 Å². The first-order chi connectivity index (χ1) is 15.8. The van der Waals surface area contributed by atoms with Crippen LogP contribution < -0.4 is 4.18 Å². The van der Waals surface area contributed by atoms with Gasteiger partial charge < -0.3 is 4.18 Å². The molecule has 1 heterocycles. The van der Waals surface area contributed by atoms with Gasteiger partial charge in [0.05, 0.1) is 0 Å². The Morgan fingerprint density at radius 1 is 0.879 bits per heavy atom. The number of hydrogen-bond acceptors (Lipinski definition) is 5. The first kappa shape index (κ1) is 23.0. The number of rotatable bonds is 9. The minimum atomic E-state index is -4.01. The van der Waals surface area contributed by atoms with Gasteiger partial charge in [-0.25, -0.2) is 0 Å². The SMILES string of the molecule is CCCCCC(C)(C)c1ccc(OS(=O)(=O)c2ccccc2)c(-n2nc3ccccc3n2)c1. The van der Waals surface area contributed by atoms with Gasteiger partial charge in [-0.05, 0) is 53.8 Å². The zero-order chi connectivity index (χ0) is 23.5. The molecule has 7 heteroatoms. The Labute approximate surface area is 195 Å². The lowest BCUT2D eigenvalue weighted by Crippen LogP contribution is -2.18. The van der Waals surface area contributed by atoms with Crippen LogP contribution in [-0.4, -0.2) is 23.4 Å². The van der Waals surface area contributed by atoms with Crippen LogP contribution in [0.5, 0.6) is 5.75 Å². The second-order valence-electron chi connectivity index (χ2n) is 8.85. The van der Waals surface area contributed by atoms with Crippen LogP contribution in [0.4, 0.5) is 0 Å². The lowest BCUT2D eigenvalue weighted by Gasteiger charge is -2.26. The molecule has 0 amide bonds. The lowest BCUT2D eigenvalue weighted by atomic mass is 9.80. The second-order valence-corrected chi connectivity index (χ2v) is 10.4. The Bertz CT molecular complexity index is 1310. The molecule has 33 heavy (non-hydrogen) atoms. The van der Waals surface area contributed by atoms with Crippen molar-refractivity contribution in [2.45, 2.75) is 56.8 Å². The van der Waals surface area contributed by atoms with Gasteiger partial charge in [0.25, 0.3) is 0 Å². The van der Waals surface area contributed by atoms with Crippen LogP contribution in [-0.2, 0) is 15.5 Å². The predicted octanol–water partition coefficient (Wildman–Crippen LogP) is 6.05. The van der Waals surface area contributed by atoms with Gasteiger partial charge in [0.15, 0.2) is 5.75 Å². The van der Waals surface area contributed by atoms with E-state index in [-0.39, 0.29) is 16.1 Å². The van der Waals surface area contributed by atoms with Crippen LogP contribution in [0.3, 0.4) is 0 Å². The van der Waals surface area contributed by atoms with E-state index in [0.29, 0.717) is 5.69 Å². The van der Waals surface area contributed by atoms with Crippen LogP contribution in [0.15, 0.2) is 77.7 Å². The molecule has 0 unspecified atom stereocenters. The van der Waals surface area contributed by atoms with E-state index in [1.165, 1.54) is 23.4 Å². The molecule has 6 nitrogen and oxygen atoms in total. The third-order valence-corrected chi connectivity index (χ3v) is 7.13. The zero-order valence-corrected chi connectivity index (χ0v) is 20.0. The summed E-state index contributed by atoms with van der Waals surface area (Å²) in [4.78, 5) is 1.56. The monoisotopic (exact) mass is 463 g/mol. The maximum absolute atomic E-state index is 12.9. The van der Waals surface area contributed by atoms with Crippen LogP contribution in [0.1, 0.15) is 52.0 Å². The molecule has 4 aromatic rings. The van der Waals surface area contributed by atoms with E-state index in [1.54, 1.807) is 24.3 Å². The third kappa shape index (κ3) is 5.09. The predicted molar refractivity (Wildman–Crippen MR) is 130 cm³/mol. The molecule has 0 aliphatic carbocycles. The maximum Gasteiger partial charge on any atom is 0.339 e. The summed E-state index contributed by atoms with van der Waals surface area (Å²) in [6.07, 6.45) is 4.49. The summed E-state index contributed by atoms with van der Waals surface area (Å²) in [7, 11) is -4.01. The van der Waals surface area contributed by atoms with Crippen molar-refractivity contribution in [3.05, 3.63) is 78.4 Å². The number of fused-ring (bicyclic) bond motifs is 1. The fraction of sp³-hybridized carbons (Fsp3) is 0.308. The maximum atomic E-state index is 12.9. The first-order valence-electron chi connectivity index (χ1n) is 11.3. The Balaban J connectivity index is 1.79. The van der Waals surface area contributed by atoms with Crippen molar-refractivity contribution in [3.8, 4) is 11.4 Å².